The van der Waals surface area contributed by atoms with Gasteiger partial charge in [0.25, 0.3) is 11.5 Å². The Kier molecular flexibility index (Phi) is 4.25. The number of carbonyl (C=O) groups excluding carboxylic acids is 1. The Morgan fingerprint density at radius 1 is 1.11 bits per heavy atom. The molecule has 3 aromatic heterocycles. The molecule has 0 aliphatic heterocycles. The summed E-state index contributed by atoms with van der Waals surface area (Å²) in [5.41, 5.74) is 2.54. The van der Waals surface area contributed by atoms with Gasteiger partial charge in [-0.15, -0.1) is 11.3 Å². The fraction of sp³-hybridized carbons (Fsp3) is 0.105. The summed E-state index contributed by atoms with van der Waals surface area (Å²) in [6.45, 7) is 3.62. The highest BCUT2D eigenvalue weighted by Gasteiger charge is 2.18. The molecule has 0 unspecified atom stereocenters. The van der Waals surface area contributed by atoms with Crippen LogP contribution in [0.5, 0.6) is 0 Å². The third-order valence-corrected chi connectivity index (χ3v) is 4.81. The number of fused-ring (bicyclic) bond motifs is 1. The van der Waals surface area contributed by atoms with E-state index in [0.717, 1.165) is 17.0 Å². The molecule has 1 amide bonds. The first-order valence-corrected chi connectivity index (χ1v) is 9.09. The first kappa shape index (κ1) is 17.0. The number of nitrogens with one attached hydrogen (secondary N) is 1. The van der Waals surface area contributed by atoms with Crippen LogP contribution in [-0.4, -0.2) is 25.3 Å². The van der Waals surface area contributed by atoms with Crippen LogP contribution in [0.1, 0.15) is 21.7 Å². The largest absolute Gasteiger partial charge is 0.290 e. The van der Waals surface area contributed by atoms with Gasteiger partial charge < -0.3 is 0 Å². The molecule has 0 saturated heterocycles. The second kappa shape index (κ2) is 6.73. The maximum atomic E-state index is 13.0. The maximum absolute atomic E-state index is 13.0. The fourth-order valence-electron chi connectivity index (χ4n) is 2.81. The number of hydrogen-bond donors (Lipinski definition) is 1. The summed E-state index contributed by atoms with van der Waals surface area (Å²) in [5, 5.41) is 4.44. The number of benzene rings is 1. The zero-order chi connectivity index (χ0) is 19.0. The quantitative estimate of drug-likeness (QED) is 0.593. The lowest BCUT2D eigenvalue weighted by Crippen LogP contribution is -2.27. The van der Waals surface area contributed by atoms with Gasteiger partial charge in [0.15, 0.2) is 4.96 Å². The molecule has 0 bridgehead atoms. The Hall–Kier alpha value is -3.39. The van der Waals surface area contributed by atoms with E-state index in [0.29, 0.717) is 10.7 Å². The van der Waals surface area contributed by atoms with E-state index in [1.165, 1.54) is 21.9 Å². The number of rotatable bonds is 3. The molecule has 0 aliphatic carbocycles. The molecule has 3 heterocycles. The summed E-state index contributed by atoms with van der Waals surface area (Å²) in [5.74, 6) is -0.423. The summed E-state index contributed by atoms with van der Waals surface area (Å²) >= 11 is 1.35. The molecule has 8 heteroatoms. The third-order valence-electron chi connectivity index (χ3n) is 3.97. The maximum Gasteiger partial charge on any atom is 0.271 e. The van der Waals surface area contributed by atoms with Gasteiger partial charge in [-0.2, -0.15) is 0 Å². The monoisotopic (exact) mass is 377 g/mol. The minimum absolute atomic E-state index is 0.0640. The average molecular weight is 377 g/mol. The van der Waals surface area contributed by atoms with Crippen molar-refractivity contribution >= 4 is 28.2 Å². The third kappa shape index (κ3) is 3.22. The van der Waals surface area contributed by atoms with E-state index in [1.54, 1.807) is 6.07 Å². The molecular weight excluding hydrogens is 362 g/mol. The smallest absolute Gasteiger partial charge is 0.271 e. The van der Waals surface area contributed by atoms with E-state index in [-0.39, 0.29) is 11.5 Å². The lowest BCUT2D eigenvalue weighted by molar-refractivity contribution is 0.102. The summed E-state index contributed by atoms with van der Waals surface area (Å²) in [6.07, 6.45) is 1.29. The van der Waals surface area contributed by atoms with Gasteiger partial charge in [0.05, 0.1) is 5.69 Å². The number of carbonyl (C=O) groups is 1. The van der Waals surface area contributed by atoms with Crippen LogP contribution < -0.4 is 10.9 Å². The van der Waals surface area contributed by atoms with Crippen molar-refractivity contribution in [1.29, 1.82) is 0 Å². The summed E-state index contributed by atoms with van der Waals surface area (Å²) < 4.78 is 1.46. The van der Waals surface area contributed by atoms with Crippen LogP contribution in [0.4, 0.5) is 5.95 Å². The van der Waals surface area contributed by atoms with Crippen molar-refractivity contribution in [3.8, 4) is 11.3 Å². The van der Waals surface area contributed by atoms with Crippen molar-refractivity contribution < 1.29 is 4.79 Å². The van der Waals surface area contributed by atoms with Crippen molar-refractivity contribution in [2.24, 2.45) is 0 Å². The molecule has 1 aromatic carbocycles. The molecule has 4 rings (SSSR count). The number of nitrogens with zero attached hydrogens (tertiary/aromatic N) is 4. The molecule has 0 spiro atoms. The predicted octanol–water partition coefficient (Wildman–Crippen LogP) is 3.08. The Balaban J connectivity index is 1.77. The number of amides is 1. The van der Waals surface area contributed by atoms with Gasteiger partial charge in [0.1, 0.15) is 5.56 Å². The van der Waals surface area contributed by atoms with E-state index in [4.69, 9.17) is 0 Å². The SMILES string of the molecule is Cc1cc(C)nc(NC(=O)c2cnc3scc(-c4ccccc4)n3c2=O)n1. The molecule has 0 saturated carbocycles. The minimum Gasteiger partial charge on any atom is -0.290 e. The van der Waals surface area contributed by atoms with Gasteiger partial charge in [-0.05, 0) is 25.5 Å². The van der Waals surface area contributed by atoms with Crippen LogP contribution in [0.2, 0.25) is 0 Å². The topological polar surface area (TPSA) is 89.3 Å². The zero-order valence-electron chi connectivity index (χ0n) is 14.6. The zero-order valence-corrected chi connectivity index (χ0v) is 15.4. The minimum atomic E-state index is -0.586. The molecule has 0 fully saturated rings. The molecule has 27 heavy (non-hydrogen) atoms. The van der Waals surface area contributed by atoms with Gasteiger partial charge in [-0.1, -0.05) is 30.3 Å². The highest BCUT2D eigenvalue weighted by atomic mass is 32.1. The van der Waals surface area contributed by atoms with Crippen molar-refractivity contribution in [2.45, 2.75) is 13.8 Å². The fourth-order valence-corrected chi connectivity index (χ4v) is 3.67. The van der Waals surface area contributed by atoms with E-state index in [1.807, 2.05) is 49.6 Å². The number of anilines is 1. The van der Waals surface area contributed by atoms with E-state index in [9.17, 15) is 9.59 Å². The molecule has 134 valence electrons. The Morgan fingerprint density at radius 3 is 2.52 bits per heavy atom. The molecule has 0 atom stereocenters. The van der Waals surface area contributed by atoms with E-state index >= 15 is 0 Å². The first-order chi connectivity index (χ1) is 13.0. The van der Waals surface area contributed by atoms with Gasteiger partial charge in [-0.25, -0.2) is 15.0 Å². The van der Waals surface area contributed by atoms with Gasteiger partial charge in [0.2, 0.25) is 5.95 Å². The number of aryl methyl sites for hydroxylation is 2. The standard InChI is InChI=1S/C19H15N5O2S/c1-11-8-12(2)22-18(21-11)23-16(25)14-9-20-19-24(17(14)26)15(10-27-19)13-6-4-3-5-7-13/h3-10H,1-2H3,(H,21,22,23,25). The summed E-state index contributed by atoms with van der Waals surface area (Å²) in [7, 11) is 0. The molecule has 4 aromatic rings. The highest BCUT2D eigenvalue weighted by Crippen LogP contribution is 2.23. The predicted molar refractivity (Wildman–Crippen MR) is 104 cm³/mol. The normalized spacial score (nSPS) is 10.9. The Morgan fingerprint density at radius 2 is 1.81 bits per heavy atom. The summed E-state index contributed by atoms with van der Waals surface area (Å²) in [6, 6.07) is 11.3. The van der Waals surface area contributed by atoms with Crippen LogP contribution in [-0.2, 0) is 0 Å². The van der Waals surface area contributed by atoms with E-state index in [2.05, 4.69) is 20.3 Å². The first-order valence-electron chi connectivity index (χ1n) is 8.21. The van der Waals surface area contributed by atoms with Crippen molar-refractivity contribution in [3.63, 3.8) is 0 Å². The molecule has 0 radical (unpaired) electrons. The van der Waals surface area contributed by atoms with Crippen LogP contribution in [0.15, 0.2) is 52.8 Å². The van der Waals surface area contributed by atoms with E-state index < -0.39 is 11.5 Å². The van der Waals surface area contributed by atoms with Crippen LogP contribution in [0, 0.1) is 13.8 Å². The van der Waals surface area contributed by atoms with Crippen LogP contribution in [0.25, 0.3) is 16.2 Å². The molecule has 1 N–H and O–H groups in total. The average Bonchev–Trinajstić information content (AvgIpc) is 3.07. The lowest BCUT2D eigenvalue weighted by atomic mass is 10.2. The second-order valence-corrected chi connectivity index (χ2v) is 6.85. The second-order valence-electron chi connectivity index (χ2n) is 6.01. The highest BCUT2D eigenvalue weighted by molar-refractivity contribution is 7.15. The van der Waals surface area contributed by atoms with Crippen molar-refractivity contribution in [2.75, 3.05) is 5.32 Å². The van der Waals surface area contributed by atoms with Gasteiger partial charge >= 0.3 is 0 Å². The molecular formula is C19H15N5O2S. The number of hydrogen-bond acceptors (Lipinski definition) is 6. The van der Waals surface area contributed by atoms with Crippen molar-refractivity contribution in [3.05, 3.63) is 75.3 Å². The lowest BCUT2D eigenvalue weighted by Gasteiger charge is -2.06. The Bertz CT molecular complexity index is 1190. The van der Waals surface area contributed by atoms with Gasteiger partial charge in [-0.3, -0.25) is 19.3 Å². The number of aromatic nitrogens is 4. The van der Waals surface area contributed by atoms with Gasteiger partial charge in [0, 0.05) is 23.0 Å². The Labute approximate surface area is 158 Å². The molecule has 7 nitrogen and oxygen atoms in total. The number of thiazole rings is 1. The van der Waals surface area contributed by atoms with Crippen LogP contribution in [0.3, 0.4) is 0 Å². The van der Waals surface area contributed by atoms with Crippen LogP contribution >= 0.6 is 11.3 Å². The summed E-state index contributed by atoms with van der Waals surface area (Å²) in [4.78, 5) is 38.8. The van der Waals surface area contributed by atoms with Crippen molar-refractivity contribution in [1.82, 2.24) is 19.4 Å². The molecule has 0 aliphatic rings.